The largest absolute Gasteiger partial charge is 0.398 e. The number of allylic oxidation sites excluding steroid dienone is 2. The molecule has 94 valence electrons. The molecule has 1 aliphatic carbocycles. The Bertz CT molecular complexity index is 637. The Morgan fingerprint density at radius 3 is 2.56 bits per heavy atom. The fourth-order valence-corrected chi connectivity index (χ4v) is 1.61. The minimum absolute atomic E-state index is 0.618. The molecule has 0 heterocycles. The standard InChI is InChI=1S/C6H4N6O5S/c7-11-9-5-3-4(13)1-2-6(5,10-12-8)17-18(14,15)16/h1-3H,(H,14,15,16). The second kappa shape index (κ2) is 4.87. The molecular weight excluding hydrogens is 268 g/mol. The molecule has 1 N–H and O–H groups in total. The van der Waals surface area contributed by atoms with Crippen molar-refractivity contribution < 1.29 is 21.9 Å². The van der Waals surface area contributed by atoms with Crippen LogP contribution in [0.25, 0.3) is 20.9 Å². The molecule has 0 saturated carbocycles. The van der Waals surface area contributed by atoms with E-state index in [1.165, 1.54) is 0 Å². The van der Waals surface area contributed by atoms with Gasteiger partial charge in [-0.15, -0.1) is 0 Å². The quantitative estimate of drug-likeness (QED) is 0.348. The van der Waals surface area contributed by atoms with E-state index in [0.717, 1.165) is 12.2 Å². The molecule has 18 heavy (non-hydrogen) atoms. The van der Waals surface area contributed by atoms with Gasteiger partial charge in [-0.3, -0.25) is 9.35 Å². The van der Waals surface area contributed by atoms with Gasteiger partial charge in [-0.2, -0.15) is 8.42 Å². The highest BCUT2D eigenvalue weighted by atomic mass is 32.3. The molecule has 0 radical (unpaired) electrons. The molecule has 0 aliphatic heterocycles. The maximum absolute atomic E-state index is 11.1. The number of hydrogen-bond donors (Lipinski definition) is 1. The molecule has 1 unspecified atom stereocenters. The predicted molar refractivity (Wildman–Crippen MR) is 55.9 cm³/mol. The highest BCUT2D eigenvalue weighted by Gasteiger charge is 2.39. The van der Waals surface area contributed by atoms with Crippen LogP contribution < -0.4 is 0 Å². The predicted octanol–water partition coefficient (Wildman–Crippen LogP) is 1.15. The normalized spacial score (nSPS) is 22.7. The summed E-state index contributed by atoms with van der Waals surface area (Å²) < 4.78 is 34.1. The van der Waals surface area contributed by atoms with Gasteiger partial charge in [0.2, 0.25) is 5.72 Å². The Balaban J connectivity index is 3.46. The van der Waals surface area contributed by atoms with Gasteiger partial charge in [0.05, 0.1) is 5.70 Å². The van der Waals surface area contributed by atoms with Gasteiger partial charge in [-0.1, -0.05) is 5.11 Å². The third kappa shape index (κ3) is 3.07. The Kier molecular flexibility index (Phi) is 3.71. The molecule has 1 atom stereocenters. The molecule has 0 amide bonds. The number of ketones is 1. The highest BCUT2D eigenvalue weighted by Crippen LogP contribution is 2.31. The van der Waals surface area contributed by atoms with E-state index in [9.17, 15) is 13.2 Å². The molecule has 12 heteroatoms. The molecule has 0 aromatic rings. The summed E-state index contributed by atoms with van der Waals surface area (Å²) in [5, 5.41) is 5.98. The zero-order valence-corrected chi connectivity index (χ0v) is 9.22. The lowest BCUT2D eigenvalue weighted by molar-refractivity contribution is -0.110. The van der Waals surface area contributed by atoms with Gasteiger partial charge in [-0.05, 0) is 34.4 Å². The first-order valence-electron chi connectivity index (χ1n) is 4.08. The van der Waals surface area contributed by atoms with Gasteiger partial charge in [0, 0.05) is 9.82 Å². The summed E-state index contributed by atoms with van der Waals surface area (Å²) in [6.45, 7) is 0. The van der Waals surface area contributed by atoms with Crippen molar-refractivity contribution in [2.45, 2.75) is 5.72 Å². The minimum Gasteiger partial charge on any atom is -0.290 e. The second-order valence-electron chi connectivity index (χ2n) is 2.85. The summed E-state index contributed by atoms with van der Waals surface area (Å²) >= 11 is 0. The van der Waals surface area contributed by atoms with Crippen LogP contribution in [0.5, 0.6) is 0 Å². The first-order chi connectivity index (χ1) is 8.33. The Morgan fingerprint density at radius 1 is 1.39 bits per heavy atom. The summed E-state index contributed by atoms with van der Waals surface area (Å²) in [4.78, 5) is 15.7. The maximum Gasteiger partial charge on any atom is 0.398 e. The van der Waals surface area contributed by atoms with E-state index in [1.807, 2.05) is 0 Å². The van der Waals surface area contributed by atoms with Crippen LogP contribution in [0, 0.1) is 0 Å². The first-order valence-corrected chi connectivity index (χ1v) is 5.44. The van der Waals surface area contributed by atoms with Crippen molar-refractivity contribution in [3.63, 3.8) is 0 Å². The van der Waals surface area contributed by atoms with Gasteiger partial charge in [-0.25, -0.2) is 4.18 Å². The number of carbonyl (C=O) groups excluding carboxylic acids is 1. The van der Waals surface area contributed by atoms with Crippen LogP contribution in [0.1, 0.15) is 0 Å². The van der Waals surface area contributed by atoms with Crippen molar-refractivity contribution in [3.8, 4) is 0 Å². The SMILES string of the molecule is [N-]=[N+]=NC1=CC(=O)C=CC1(N=[N+]=[N-])OS(=O)(=O)O. The van der Waals surface area contributed by atoms with Crippen molar-refractivity contribution in [2.24, 2.45) is 10.2 Å². The third-order valence-electron chi connectivity index (χ3n) is 1.70. The average Bonchev–Trinajstić information content (AvgIpc) is 2.22. The average molecular weight is 272 g/mol. The lowest BCUT2D eigenvalue weighted by atomic mass is 10.0. The minimum atomic E-state index is -5.02. The van der Waals surface area contributed by atoms with Crippen LogP contribution in [0.2, 0.25) is 0 Å². The summed E-state index contributed by atoms with van der Waals surface area (Å²) in [6.07, 6.45) is 2.28. The fraction of sp³-hybridized carbons (Fsp3) is 0.167. The summed E-state index contributed by atoms with van der Waals surface area (Å²) in [5.41, 5.74) is 13.6. The zero-order valence-electron chi connectivity index (χ0n) is 8.40. The number of carbonyl (C=O) groups is 1. The second-order valence-corrected chi connectivity index (χ2v) is 3.87. The maximum atomic E-state index is 11.1. The van der Waals surface area contributed by atoms with Crippen molar-refractivity contribution in [1.29, 1.82) is 0 Å². The molecule has 0 fully saturated rings. The molecule has 0 aromatic carbocycles. The van der Waals surface area contributed by atoms with Gasteiger partial charge in [0.25, 0.3) is 0 Å². The molecule has 0 aromatic heterocycles. The first kappa shape index (κ1) is 13.7. The zero-order chi connectivity index (χ0) is 13.8. The van der Waals surface area contributed by atoms with Crippen molar-refractivity contribution in [3.05, 3.63) is 44.8 Å². The molecule has 0 spiro atoms. The monoisotopic (exact) mass is 272 g/mol. The molecule has 0 bridgehead atoms. The van der Waals surface area contributed by atoms with E-state index in [0.29, 0.717) is 6.08 Å². The van der Waals surface area contributed by atoms with Crippen molar-refractivity contribution in [2.75, 3.05) is 0 Å². The molecule has 1 rings (SSSR count). The fourth-order valence-electron chi connectivity index (χ4n) is 1.11. The molecule has 1 aliphatic rings. The lowest BCUT2D eigenvalue weighted by Gasteiger charge is -2.25. The van der Waals surface area contributed by atoms with Crippen molar-refractivity contribution in [1.82, 2.24) is 0 Å². The van der Waals surface area contributed by atoms with E-state index in [-0.39, 0.29) is 0 Å². The van der Waals surface area contributed by atoms with E-state index < -0.39 is 27.6 Å². The highest BCUT2D eigenvalue weighted by molar-refractivity contribution is 7.80. The number of hydrogen-bond acceptors (Lipinski definition) is 6. The Hall–Kier alpha value is -2.36. The molecule has 11 nitrogen and oxygen atoms in total. The van der Waals surface area contributed by atoms with E-state index in [4.69, 9.17) is 15.6 Å². The van der Waals surface area contributed by atoms with Gasteiger partial charge in [0.1, 0.15) is 0 Å². The van der Waals surface area contributed by atoms with Crippen LogP contribution >= 0.6 is 0 Å². The van der Waals surface area contributed by atoms with Crippen LogP contribution in [-0.4, -0.2) is 24.5 Å². The Labute approximate surface area is 99.6 Å². The van der Waals surface area contributed by atoms with Gasteiger partial charge in [0.15, 0.2) is 5.78 Å². The van der Waals surface area contributed by atoms with E-state index in [1.54, 1.807) is 0 Å². The summed E-state index contributed by atoms with van der Waals surface area (Å²) in [5.74, 6) is -0.639. The van der Waals surface area contributed by atoms with E-state index >= 15 is 0 Å². The van der Waals surface area contributed by atoms with Crippen molar-refractivity contribution >= 4 is 16.2 Å². The lowest BCUT2D eigenvalue weighted by Crippen LogP contribution is -2.34. The number of azide groups is 2. The van der Waals surface area contributed by atoms with Crippen LogP contribution in [0.15, 0.2) is 34.2 Å². The van der Waals surface area contributed by atoms with Crippen LogP contribution in [0.4, 0.5) is 0 Å². The third-order valence-corrected chi connectivity index (χ3v) is 2.16. The molecular formula is C6H4N6O5S. The van der Waals surface area contributed by atoms with Gasteiger partial charge >= 0.3 is 10.4 Å². The number of rotatable bonds is 4. The summed E-state index contributed by atoms with van der Waals surface area (Å²) in [7, 11) is -5.02. The summed E-state index contributed by atoms with van der Waals surface area (Å²) in [6, 6.07) is 0. The topological polar surface area (TPSA) is 178 Å². The Morgan fingerprint density at radius 2 is 2.06 bits per heavy atom. The molecule has 0 saturated heterocycles. The number of nitrogens with zero attached hydrogens (tertiary/aromatic N) is 6. The van der Waals surface area contributed by atoms with Crippen LogP contribution in [-0.2, 0) is 19.4 Å². The van der Waals surface area contributed by atoms with Crippen LogP contribution in [0.3, 0.4) is 0 Å². The van der Waals surface area contributed by atoms with Gasteiger partial charge < -0.3 is 0 Å². The van der Waals surface area contributed by atoms with E-state index in [2.05, 4.69) is 24.2 Å². The smallest absolute Gasteiger partial charge is 0.290 e.